The Balaban J connectivity index is 1.72. The summed E-state index contributed by atoms with van der Waals surface area (Å²) < 4.78 is 34.4. The molecule has 0 spiro atoms. The minimum Gasteiger partial charge on any atom is -0.384 e. The molecular formula is C23H26N4O4S. The van der Waals surface area contributed by atoms with Crippen LogP contribution in [0.2, 0.25) is 0 Å². The molecule has 1 aromatic carbocycles. The van der Waals surface area contributed by atoms with Crippen LogP contribution in [0.5, 0.6) is 0 Å². The van der Waals surface area contributed by atoms with E-state index in [0.29, 0.717) is 37.4 Å². The van der Waals surface area contributed by atoms with E-state index in [2.05, 4.69) is 15.9 Å². The van der Waals surface area contributed by atoms with Crippen LogP contribution in [-0.2, 0) is 19.6 Å². The van der Waals surface area contributed by atoms with Crippen molar-refractivity contribution in [1.29, 1.82) is 0 Å². The van der Waals surface area contributed by atoms with Gasteiger partial charge in [-0.2, -0.15) is 4.31 Å². The molecule has 1 amide bonds. The highest BCUT2D eigenvalue weighted by Gasteiger charge is 2.49. The molecule has 2 saturated heterocycles. The minimum absolute atomic E-state index is 0.142. The molecule has 0 N–H and O–H groups in total. The van der Waals surface area contributed by atoms with Crippen LogP contribution < -0.4 is 0 Å². The first-order valence-corrected chi connectivity index (χ1v) is 12.0. The molecule has 4 rings (SSSR count). The number of fused-ring (bicyclic) bond motifs is 2. The lowest BCUT2D eigenvalue weighted by Gasteiger charge is -2.40. The molecule has 1 aromatic heterocycles. The number of ether oxygens (including phenoxy) is 1. The van der Waals surface area contributed by atoms with Gasteiger partial charge in [0.15, 0.2) is 5.82 Å². The van der Waals surface area contributed by atoms with Crippen molar-refractivity contribution >= 4 is 15.9 Å². The molecule has 9 heteroatoms. The number of terminal acetylenes is 1. The summed E-state index contributed by atoms with van der Waals surface area (Å²) in [4.78, 5) is 23.4. The van der Waals surface area contributed by atoms with Crippen LogP contribution in [0.1, 0.15) is 19.3 Å². The van der Waals surface area contributed by atoms with Gasteiger partial charge in [-0.1, -0.05) is 5.92 Å². The van der Waals surface area contributed by atoms with Crippen molar-refractivity contribution in [3.8, 4) is 23.7 Å². The van der Waals surface area contributed by atoms with Crippen LogP contribution in [0.3, 0.4) is 0 Å². The molecule has 2 aromatic rings. The van der Waals surface area contributed by atoms with Gasteiger partial charge in [-0.3, -0.25) is 4.79 Å². The number of amides is 1. The molecule has 1 unspecified atom stereocenters. The summed E-state index contributed by atoms with van der Waals surface area (Å²) in [6, 6.07) is 7.11. The van der Waals surface area contributed by atoms with Gasteiger partial charge in [0.1, 0.15) is 6.04 Å². The van der Waals surface area contributed by atoms with Crippen LogP contribution in [0.4, 0.5) is 0 Å². The quantitative estimate of drug-likeness (QED) is 0.618. The van der Waals surface area contributed by atoms with Crippen molar-refractivity contribution < 1.29 is 17.9 Å². The smallest absolute Gasteiger partial charge is 0.244 e. The number of carbonyl (C=O) groups excluding carboxylic acids is 1. The normalized spacial score (nSPS) is 24.1. The minimum atomic E-state index is -3.93. The average molecular weight is 455 g/mol. The predicted octanol–water partition coefficient (Wildman–Crippen LogP) is 1.79. The van der Waals surface area contributed by atoms with Crippen molar-refractivity contribution in [2.24, 2.45) is 5.92 Å². The molecule has 0 radical (unpaired) electrons. The van der Waals surface area contributed by atoms with Crippen molar-refractivity contribution in [3.05, 3.63) is 42.7 Å². The second-order valence-electron chi connectivity index (χ2n) is 8.08. The fourth-order valence-corrected chi connectivity index (χ4v) is 6.60. The number of aromatic nitrogens is 2. The highest BCUT2D eigenvalue weighted by Crippen LogP contribution is 2.37. The van der Waals surface area contributed by atoms with Gasteiger partial charge >= 0.3 is 0 Å². The van der Waals surface area contributed by atoms with E-state index in [1.165, 1.54) is 4.31 Å². The summed E-state index contributed by atoms with van der Waals surface area (Å²) in [6.45, 7) is 0.887. The van der Waals surface area contributed by atoms with E-state index in [-0.39, 0.29) is 29.3 Å². The van der Waals surface area contributed by atoms with Gasteiger partial charge in [-0.25, -0.2) is 18.4 Å². The van der Waals surface area contributed by atoms with Crippen LogP contribution in [0.25, 0.3) is 11.4 Å². The second kappa shape index (κ2) is 9.36. The van der Waals surface area contributed by atoms with Gasteiger partial charge in [0.05, 0.1) is 18.0 Å². The van der Waals surface area contributed by atoms with E-state index in [1.54, 1.807) is 54.7 Å². The number of carbonyl (C=O) groups is 1. The Morgan fingerprint density at radius 1 is 1.19 bits per heavy atom. The van der Waals surface area contributed by atoms with Gasteiger partial charge in [0.25, 0.3) is 0 Å². The molecule has 3 atom stereocenters. The molecule has 3 heterocycles. The lowest BCUT2D eigenvalue weighted by molar-refractivity contribution is -0.134. The lowest BCUT2D eigenvalue weighted by Crippen LogP contribution is -2.55. The van der Waals surface area contributed by atoms with Crippen molar-refractivity contribution in [2.45, 2.75) is 36.2 Å². The average Bonchev–Trinajstić information content (AvgIpc) is 2.88. The topological polar surface area (TPSA) is 92.7 Å². The number of hydrogen-bond acceptors (Lipinski definition) is 6. The maximum absolute atomic E-state index is 13.8. The maximum Gasteiger partial charge on any atom is 0.244 e. The SMILES string of the molecule is C#CCN1C[C@H](COC)[C@@H]2CCCC(C1=O)N2S(=O)(=O)c1ccc(-c2ncccn2)cc1. The number of sulfonamides is 1. The van der Waals surface area contributed by atoms with Gasteiger partial charge < -0.3 is 9.64 Å². The Bertz CT molecular complexity index is 1100. The van der Waals surface area contributed by atoms with E-state index in [4.69, 9.17) is 11.2 Å². The molecule has 2 aliphatic rings. The van der Waals surface area contributed by atoms with E-state index >= 15 is 0 Å². The molecule has 0 aliphatic carbocycles. The first-order chi connectivity index (χ1) is 15.5. The van der Waals surface area contributed by atoms with Crippen molar-refractivity contribution in [3.63, 3.8) is 0 Å². The first-order valence-electron chi connectivity index (χ1n) is 10.6. The van der Waals surface area contributed by atoms with Gasteiger partial charge in [0.2, 0.25) is 15.9 Å². The Kier molecular flexibility index (Phi) is 6.55. The largest absolute Gasteiger partial charge is 0.384 e. The number of rotatable bonds is 6. The molecule has 32 heavy (non-hydrogen) atoms. The van der Waals surface area contributed by atoms with E-state index in [9.17, 15) is 13.2 Å². The summed E-state index contributed by atoms with van der Waals surface area (Å²) in [7, 11) is -2.34. The summed E-state index contributed by atoms with van der Waals surface area (Å²) in [5, 5.41) is 0. The third kappa shape index (κ3) is 4.13. The zero-order valence-electron chi connectivity index (χ0n) is 17.9. The molecule has 2 bridgehead atoms. The Labute approximate surface area is 188 Å². The number of piperidine rings is 1. The van der Waals surface area contributed by atoms with Crippen molar-refractivity contribution in [1.82, 2.24) is 19.2 Å². The summed E-state index contributed by atoms with van der Waals surface area (Å²) in [5.41, 5.74) is 0.717. The predicted molar refractivity (Wildman–Crippen MR) is 119 cm³/mol. The number of methoxy groups -OCH3 is 1. The monoisotopic (exact) mass is 454 g/mol. The van der Waals surface area contributed by atoms with Gasteiger partial charge in [0, 0.05) is 43.6 Å². The second-order valence-corrected chi connectivity index (χ2v) is 9.93. The number of benzene rings is 1. The summed E-state index contributed by atoms with van der Waals surface area (Å²) >= 11 is 0. The van der Waals surface area contributed by atoms with Gasteiger partial charge in [-0.05, 0) is 49.6 Å². The highest BCUT2D eigenvalue weighted by molar-refractivity contribution is 7.89. The first kappa shape index (κ1) is 22.4. The summed E-state index contributed by atoms with van der Waals surface area (Å²) in [6.07, 6.45) is 10.7. The molecule has 2 fully saturated rings. The standard InChI is InChI=1S/C23H26N4O4S/c1-3-14-26-15-18(16-31-2)20-6-4-7-21(23(26)28)27(20)32(29,30)19-10-8-17(9-11-19)22-24-12-5-13-25-22/h1,5,8-13,18,20-21H,4,6-7,14-16H2,2H3/t18-,20+,21?/m1/s1. The van der Waals surface area contributed by atoms with Gasteiger partial charge in [-0.15, -0.1) is 6.42 Å². The zero-order chi connectivity index (χ0) is 22.7. The van der Waals surface area contributed by atoms with Crippen LogP contribution in [0.15, 0.2) is 47.6 Å². The van der Waals surface area contributed by atoms with Crippen LogP contribution in [-0.4, -0.2) is 72.4 Å². The van der Waals surface area contributed by atoms with E-state index in [0.717, 1.165) is 6.42 Å². The van der Waals surface area contributed by atoms with E-state index in [1.807, 2.05) is 0 Å². The molecule has 0 saturated carbocycles. The molecular weight excluding hydrogens is 428 g/mol. The Morgan fingerprint density at radius 3 is 2.56 bits per heavy atom. The third-order valence-corrected chi connectivity index (χ3v) is 8.07. The lowest BCUT2D eigenvalue weighted by atomic mass is 9.91. The highest BCUT2D eigenvalue weighted by atomic mass is 32.2. The zero-order valence-corrected chi connectivity index (χ0v) is 18.7. The van der Waals surface area contributed by atoms with Crippen LogP contribution in [0, 0.1) is 18.3 Å². The van der Waals surface area contributed by atoms with Crippen LogP contribution >= 0.6 is 0 Å². The fraction of sp³-hybridized carbons (Fsp3) is 0.435. The third-order valence-electron chi connectivity index (χ3n) is 6.12. The van der Waals surface area contributed by atoms with Crippen molar-refractivity contribution in [2.75, 3.05) is 26.8 Å². The number of nitrogens with zero attached hydrogens (tertiary/aromatic N) is 4. The fourth-order valence-electron chi connectivity index (χ4n) is 4.71. The Hall–Kier alpha value is -2.80. The van der Waals surface area contributed by atoms with E-state index < -0.39 is 16.1 Å². The molecule has 8 nitrogen and oxygen atoms in total. The Morgan fingerprint density at radius 2 is 1.91 bits per heavy atom. The molecule has 2 aliphatic heterocycles. The maximum atomic E-state index is 13.8. The molecule has 168 valence electrons. The number of hydrogen-bond donors (Lipinski definition) is 0. The summed E-state index contributed by atoms with van der Waals surface area (Å²) in [5.74, 6) is 2.66.